The van der Waals surface area contributed by atoms with E-state index in [2.05, 4.69) is 10.1 Å². The SMILES string of the molecule is CSc1nn2c(Cl)cc(C)nc2c1SC. The first-order valence-corrected chi connectivity index (χ1v) is 7.14. The van der Waals surface area contributed by atoms with Gasteiger partial charge in [-0.25, -0.2) is 9.50 Å². The summed E-state index contributed by atoms with van der Waals surface area (Å²) < 4.78 is 1.69. The molecule has 0 radical (unpaired) electrons. The Hall–Kier alpha value is -0.390. The number of thioether (sulfide) groups is 2. The Kier molecular flexibility index (Phi) is 3.13. The molecule has 0 aromatic carbocycles. The predicted molar refractivity (Wildman–Crippen MR) is 66.3 cm³/mol. The van der Waals surface area contributed by atoms with Gasteiger partial charge < -0.3 is 0 Å². The average molecular weight is 260 g/mol. The molecule has 0 bridgehead atoms. The molecular weight excluding hydrogens is 250 g/mol. The topological polar surface area (TPSA) is 30.2 Å². The quantitative estimate of drug-likeness (QED) is 0.612. The molecule has 0 aliphatic rings. The van der Waals surface area contributed by atoms with E-state index in [0.717, 1.165) is 21.3 Å². The van der Waals surface area contributed by atoms with Crippen LogP contribution in [0.5, 0.6) is 0 Å². The smallest absolute Gasteiger partial charge is 0.171 e. The largest absolute Gasteiger partial charge is 0.233 e. The van der Waals surface area contributed by atoms with Gasteiger partial charge in [-0.15, -0.1) is 23.5 Å². The van der Waals surface area contributed by atoms with Crippen molar-refractivity contribution < 1.29 is 0 Å². The van der Waals surface area contributed by atoms with Crippen molar-refractivity contribution in [2.45, 2.75) is 16.8 Å². The van der Waals surface area contributed by atoms with Crippen molar-refractivity contribution in [1.29, 1.82) is 0 Å². The van der Waals surface area contributed by atoms with Gasteiger partial charge in [0.05, 0.1) is 4.90 Å². The molecule has 0 aliphatic heterocycles. The Morgan fingerprint density at radius 2 is 2.07 bits per heavy atom. The first-order valence-electron chi connectivity index (χ1n) is 4.31. The molecule has 2 rings (SSSR count). The third-order valence-corrected chi connectivity index (χ3v) is 3.85. The summed E-state index contributed by atoms with van der Waals surface area (Å²) in [5, 5.41) is 5.99. The fourth-order valence-electron chi connectivity index (χ4n) is 1.37. The number of aromatic nitrogens is 3. The van der Waals surface area contributed by atoms with Crippen molar-refractivity contribution in [2.75, 3.05) is 12.5 Å². The highest BCUT2D eigenvalue weighted by molar-refractivity contribution is 8.01. The first-order chi connectivity index (χ1) is 7.17. The molecule has 80 valence electrons. The number of rotatable bonds is 2. The Morgan fingerprint density at radius 1 is 1.33 bits per heavy atom. The maximum absolute atomic E-state index is 6.10. The van der Waals surface area contributed by atoms with Gasteiger partial charge in [-0.1, -0.05) is 11.6 Å². The number of hydrogen-bond acceptors (Lipinski definition) is 4. The van der Waals surface area contributed by atoms with Crippen LogP contribution in [0.15, 0.2) is 16.0 Å². The average Bonchev–Trinajstić information content (AvgIpc) is 2.55. The molecule has 0 fully saturated rings. The lowest BCUT2D eigenvalue weighted by Crippen LogP contribution is -1.94. The van der Waals surface area contributed by atoms with Gasteiger partial charge in [0, 0.05) is 5.69 Å². The highest BCUT2D eigenvalue weighted by Crippen LogP contribution is 2.31. The zero-order valence-electron chi connectivity index (χ0n) is 8.61. The minimum atomic E-state index is 0.605. The van der Waals surface area contributed by atoms with E-state index >= 15 is 0 Å². The van der Waals surface area contributed by atoms with Crippen LogP contribution < -0.4 is 0 Å². The predicted octanol–water partition coefficient (Wildman–Crippen LogP) is 3.13. The second-order valence-electron chi connectivity index (χ2n) is 3.00. The second kappa shape index (κ2) is 4.23. The van der Waals surface area contributed by atoms with Gasteiger partial charge in [0.1, 0.15) is 10.2 Å². The molecule has 2 aromatic heterocycles. The summed E-state index contributed by atoms with van der Waals surface area (Å²) in [6, 6.07) is 1.82. The van der Waals surface area contributed by atoms with E-state index in [1.807, 2.05) is 25.5 Å². The number of hydrogen-bond donors (Lipinski definition) is 0. The van der Waals surface area contributed by atoms with Crippen LogP contribution in [0.1, 0.15) is 5.69 Å². The second-order valence-corrected chi connectivity index (χ2v) is 5.00. The molecular formula is C9H10ClN3S2. The summed E-state index contributed by atoms with van der Waals surface area (Å²) in [4.78, 5) is 5.55. The van der Waals surface area contributed by atoms with E-state index in [-0.39, 0.29) is 0 Å². The standard InChI is InChI=1S/C9H10ClN3S2/c1-5-4-6(10)13-8(11-5)7(14-2)9(12-13)15-3/h4H,1-3H3. The maximum atomic E-state index is 6.10. The van der Waals surface area contributed by atoms with Crippen LogP contribution in [0.4, 0.5) is 0 Å². The number of halogens is 1. The number of aryl methyl sites for hydroxylation is 1. The normalized spacial score (nSPS) is 11.2. The first kappa shape index (κ1) is 11.1. The van der Waals surface area contributed by atoms with Gasteiger partial charge in [0.25, 0.3) is 0 Å². The number of fused-ring (bicyclic) bond motifs is 1. The van der Waals surface area contributed by atoms with Crippen molar-refractivity contribution in [3.05, 3.63) is 16.9 Å². The van der Waals surface area contributed by atoms with Gasteiger partial charge in [-0.2, -0.15) is 5.10 Å². The summed E-state index contributed by atoms with van der Waals surface area (Å²) >= 11 is 9.36. The van der Waals surface area contributed by atoms with Crippen LogP contribution in [0, 0.1) is 6.92 Å². The van der Waals surface area contributed by atoms with Crippen molar-refractivity contribution in [1.82, 2.24) is 14.6 Å². The van der Waals surface area contributed by atoms with E-state index in [9.17, 15) is 0 Å². The molecule has 0 spiro atoms. The van der Waals surface area contributed by atoms with E-state index < -0.39 is 0 Å². The highest BCUT2D eigenvalue weighted by atomic mass is 35.5. The molecule has 2 heterocycles. The molecule has 0 atom stereocenters. The zero-order valence-corrected chi connectivity index (χ0v) is 11.0. The Morgan fingerprint density at radius 3 is 2.67 bits per heavy atom. The number of nitrogens with zero attached hydrogens (tertiary/aromatic N) is 3. The van der Waals surface area contributed by atoms with Gasteiger partial charge in [-0.05, 0) is 25.5 Å². The minimum Gasteiger partial charge on any atom is -0.233 e. The van der Waals surface area contributed by atoms with Crippen molar-refractivity contribution in [3.63, 3.8) is 0 Å². The Bertz CT molecular complexity index is 510. The molecule has 0 saturated heterocycles. The van der Waals surface area contributed by atoms with E-state index in [1.165, 1.54) is 0 Å². The molecule has 0 aliphatic carbocycles. The summed E-state index contributed by atoms with van der Waals surface area (Å²) in [6.07, 6.45) is 4.02. The van der Waals surface area contributed by atoms with Crippen molar-refractivity contribution >= 4 is 40.8 Å². The van der Waals surface area contributed by atoms with Crippen molar-refractivity contribution in [2.24, 2.45) is 0 Å². The third kappa shape index (κ3) is 1.84. The van der Waals surface area contributed by atoms with Crippen LogP contribution in [0.3, 0.4) is 0 Å². The Balaban J connectivity index is 2.82. The molecule has 0 amide bonds. The molecule has 3 nitrogen and oxygen atoms in total. The molecule has 0 N–H and O–H groups in total. The third-order valence-electron chi connectivity index (χ3n) is 2.00. The molecule has 0 saturated carbocycles. The summed E-state index contributed by atoms with van der Waals surface area (Å²) in [5.74, 6) is 0. The van der Waals surface area contributed by atoms with Gasteiger partial charge in [-0.3, -0.25) is 0 Å². The fourth-order valence-corrected chi connectivity index (χ4v) is 3.11. The van der Waals surface area contributed by atoms with Gasteiger partial charge in [0.15, 0.2) is 5.65 Å². The molecule has 2 aromatic rings. The minimum absolute atomic E-state index is 0.605. The van der Waals surface area contributed by atoms with E-state index in [0.29, 0.717) is 5.15 Å². The van der Waals surface area contributed by atoms with Crippen LogP contribution >= 0.6 is 35.1 Å². The van der Waals surface area contributed by atoms with Gasteiger partial charge >= 0.3 is 0 Å². The molecule has 6 heteroatoms. The molecule has 15 heavy (non-hydrogen) atoms. The van der Waals surface area contributed by atoms with E-state index in [4.69, 9.17) is 11.6 Å². The van der Waals surface area contributed by atoms with Gasteiger partial charge in [0.2, 0.25) is 0 Å². The fraction of sp³-hybridized carbons (Fsp3) is 0.333. The zero-order chi connectivity index (χ0) is 11.0. The van der Waals surface area contributed by atoms with E-state index in [1.54, 1.807) is 28.0 Å². The van der Waals surface area contributed by atoms with Crippen LogP contribution in [-0.2, 0) is 0 Å². The summed E-state index contributed by atoms with van der Waals surface area (Å²) in [6.45, 7) is 1.93. The Labute approximate surface area is 102 Å². The summed E-state index contributed by atoms with van der Waals surface area (Å²) in [5.41, 5.74) is 1.76. The lowest BCUT2D eigenvalue weighted by molar-refractivity contribution is 0.881. The maximum Gasteiger partial charge on any atom is 0.171 e. The molecule has 0 unspecified atom stereocenters. The van der Waals surface area contributed by atoms with Crippen LogP contribution in [0.2, 0.25) is 5.15 Å². The van der Waals surface area contributed by atoms with Crippen molar-refractivity contribution in [3.8, 4) is 0 Å². The summed E-state index contributed by atoms with van der Waals surface area (Å²) in [7, 11) is 0. The highest BCUT2D eigenvalue weighted by Gasteiger charge is 2.14. The van der Waals surface area contributed by atoms with Crippen LogP contribution in [0.25, 0.3) is 5.65 Å². The lowest BCUT2D eigenvalue weighted by atomic mass is 10.4. The monoisotopic (exact) mass is 259 g/mol. The van der Waals surface area contributed by atoms with Crippen LogP contribution in [-0.4, -0.2) is 27.1 Å². The lowest BCUT2D eigenvalue weighted by Gasteiger charge is -1.98.